The van der Waals surface area contributed by atoms with E-state index >= 15 is 0 Å². The van der Waals surface area contributed by atoms with Gasteiger partial charge in [-0.2, -0.15) is 0 Å². The molecule has 0 radical (unpaired) electrons. The Labute approximate surface area is 264 Å². The number of hydrogen-bond acceptors (Lipinski definition) is 0. The monoisotopic (exact) mass is 528 g/mol. The molecule has 0 saturated heterocycles. The van der Waals surface area contributed by atoms with E-state index < -0.39 is 176 Å². The Kier molecular flexibility index (Phi) is 2.25. The molecule has 0 N–H and O–H groups in total. The maximum absolute atomic E-state index is 9.33. The minimum Gasteiger partial charge on any atom is -0.0616 e. The first kappa shape index (κ1) is 9.77. The van der Waals surface area contributed by atoms with Crippen LogP contribution in [-0.4, -0.2) is 0 Å². The molecule has 0 atom stereocenters. The second kappa shape index (κ2) is 9.22. The van der Waals surface area contributed by atoms with Crippen molar-refractivity contribution in [1.29, 1.82) is 0 Å². The summed E-state index contributed by atoms with van der Waals surface area (Å²) >= 11 is 0. The Morgan fingerprint density at radius 3 is 1.38 bits per heavy atom. The zero-order valence-electron chi connectivity index (χ0n) is 42.3. The fourth-order valence-corrected chi connectivity index (χ4v) is 5.02. The molecule has 0 fully saturated rings. The summed E-state index contributed by atoms with van der Waals surface area (Å²) < 4.78 is 194. The maximum Gasteiger partial charge on any atom is 0.0629 e. The topological polar surface area (TPSA) is 0 Å². The van der Waals surface area contributed by atoms with E-state index in [-0.39, 0.29) is 33.0 Å². The van der Waals surface area contributed by atoms with Gasteiger partial charge in [-0.3, -0.25) is 0 Å². The molecule has 8 aromatic carbocycles. The molecule has 0 aliphatic rings. The Morgan fingerprint density at radius 1 is 0.350 bits per heavy atom. The van der Waals surface area contributed by atoms with Crippen LogP contribution in [0.4, 0.5) is 0 Å². The van der Waals surface area contributed by atoms with Crippen LogP contribution in [-0.2, 0) is 0 Å². The van der Waals surface area contributed by atoms with Gasteiger partial charge in [-0.25, -0.2) is 0 Å². The Morgan fingerprint density at radius 2 is 0.775 bits per heavy atom. The van der Waals surface area contributed by atoms with E-state index in [4.69, 9.17) is 23.3 Å². The van der Waals surface area contributed by atoms with Crippen molar-refractivity contribution in [3.63, 3.8) is 0 Å². The summed E-state index contributed by atoms with van der Waals surface area (Å²) in [6.45, 7) is 0. The molecule has 0 bridgehead atoms. The van der Waals surface area contributed by atoms with Crippen molar-refractivity contribution in [1.82, 2.24) is 0 Å². The predicted octanol–water partition coefficient (Wildman–Crippen LogP) is 11.3. The van der Waals surface area contributed by atoms with E-state index in [1.54, 1.807) is 0 Å². The van der Waals surface area contributed by atoms with E-state index in [1.165, 1.54) is 24.3 Å². The lowest BCUT2D eigenvalue weighted by atomic mass is 9.84. The zero-order chi connectivity index (χ0) is 45.6. The first-order valence-corrected chi connectivity index (χ1v) is 12.1. The van der Waals surface area contributed by atoms with Gasteiger partial charge < -0.3 is 0 Å². The van der Waals surface area contributed by atoms with Gasteiger partial charge in [-0.05, 0) is 82.5 Å². The van der Waals surface area contributed by atoms with E-state index in [9.17, 15) is 6.85 Å². The quantitative estimate of drug-likeness (QED) is 0.200. The minimum absolute atomic E-state index is 0.0170. The lowest BCUT2D eigenvalue weighted by molar-refractivity contribution is 1.63. The van der Waals surface area contributed by atoms with Crippen molar-refractivity contribution in [3.05, 3.63) is 157 Å². The van der Waals surface area contributed by atoms with Gasteiger partial charge in [0.05, 0.1) is 30.2 Å². The standard InChI is InChI=1S/C40H26/c1-3-18-31-27(12-1)14-10-24-33(31)29-16-9-17-30(26-29)39-35-20-5-7-22-37(35)40(38-23-8-6-21-36(38)39)34-25-11-15-28-13-2-4-19-32(28)34/h1-26H/i1D,2D,3D,4D,5D,6D,7D,8D,10D,11D,12D,13D,14D,15D,18D,19D,20D,21D,22D,23D,24D,25D. The molecule has 8 rings (SSSR count). The van der Waals surface area contributed by atoms with Gasteiger partial charge in [0.2, 0.25) is 0 Å². The molecule has 0 nitrogen and oxygen atoms in total. The first-order chi connectivity index (χ1) is 29.0. The second-order valence-electron chi connectivity index (χ2n) is 8.83. The molecule has 40 heavy (non-hydrogen) atoms. The normalized spacial score (nSPS) is 19.2. The summed E-state index contributed by atoms with van der Waals surface area (Å²) in [6, 6.07) is -10.8. The fraction of sp³-hybridized carbons (Fsp3) is 0. The summed E-state index contributed by atoms with van der Waals surface area (Å²) in [5.41, 5.74) is -1.50. The predicted molar refractivity (Wildman–Crippen MR) is 173 cm³/mol. The van der Waals surface area contributed by atoms with E-state index in [0.717, 1.165) is 0 Å². The van der Waals surface area contributed by atoms with Crippen molar-refractivity contribution in [2.24, 2.45) is 0 Å². The van der Waals surface area contributed by atoms with E-state index in [2.05, 4.69) is 0 Å². The molecular weight excluding hydrogens is 480 g/mol. The van der Waals surface area contributed by atoms with Crippen molar-refractivity contribution in [3.8, 4) is 33.4 Å². The smallest absolute Gasteiger partial charge is 0.0616 e. The van der Waals surface area contributed by atoms with Crippen LogP contribution in [0.25, 0.3) is 76.5 Å². The van der Waals surface area contributed by atoms with Crippen molar-refractivity contribution in [2.45, 2.75) is 0 Å². The number of rotatable bonds is 3. The van der Waals surface area contributed by atoms with Crippen LogP contribution < -0.4 is 0 Å². The van der Waals surface area contributed by atoms with Crippen LogP contribution in [0.3, 0.4) is 0 Å². The summed E-state index contributed by atoms with van der Waals surface area (Å²) in [6.07, 6.45) is 0. The van der Waals surface area contributed by atoms with E-state index in [0.29, 0.717) is 0 Å². The molecule has 8 aromatic rings. The SMILES string of the molecule is [2H]c1c([2H])c([2H])c2c(-c3cccc(-c4c5c([2H])c([2H])c([2H])c([2H])c5c(-c5c([2H])c([2H])c([2H])c6c([2H])c([2H])c([2H])c([2H])c56)c5c([2H])c([2H])c([2H])c([2H])c45)c3)c([2H])c([2H])c([2H])c2c1[2H]. The van der Waals surface area contributed by atoms with Gasteiger partial charge in [-0.1, -0.05) is 151 Å². The maximum atomic E-state index is 9.33. The molecule has 0 spiro atoms. The second-order valence-corrected chi connectivity index (χ2v) is 8.83. The molecule has 0 aliphatic carbocycles. The highest BCUT2D eigenvalue weighted by molar-refractivity contribution is 6.23. The van der Waals surface area contributed by atoms with Crippen LogP contribution in [0, 0.1) is 0 Å². The molecule has 0 unspecified atom stereocenters. The summed E-state index contributed by atoms with van der Waals surface area (Å²) in [4.78, 5) is 0. The average molecular weight is 529 g/mol. The summed E-state index contributed by atoms with van der Waals surface area (Å²) in [5, 5.41) is -3.37. The van der Waals surface area contributed by atoms with Gasteiger partial charge in [0.15, 0.2) is 0 Å². The number of fused-ring (bicyclic) bond motifs is 4. The third kappa shape index (κ3) is 3.54. The third-order valence-corrected chi connectivity index (χ3v) is 6.69. The molecule has 0 aliphatic heterocycles. The molecule has 0 amide bonds. The Hall–Kier alpha value is -5.20. The lowest BCUT2D eigenvalue weighted by Crippen LogP contribution is -1.92. The molecule has 0 heterocycles. The van der Waals surface area contributed by atoms with E-state index in [1.807, 2.05) is 0 Å². The van der Waals surface area contributed by atoms with Gasteiger partial charge in [0.25, 0.3) is 0 Å². The molecule has 186 valence electrons. The third-order valence-electron chi connectivity index (χ3n) is 6.69. The lowest BCUT2D eigenvalue weighted by Gasteiger charge is -2.19. The number of benzene rings is 8. The summed E-state index contributed by atoms with van der Waals surface area (Å²) in [5.74, 6) is 0. The van der Waals surface area contributed by atoms with Crippen LogP contribution in [0.2, 0.25) is 0 Å². The molecule has 0 heteroatoms. The fourth-order valence-electron chi connectivity index (χ4n) is 5.02. The van der Waals surface area contributed by atoms with Crippen LogP contribution in [0.5, 0.6) is 0 Å². The zero-order valence-corrected chi connectivity index (χ0v) is 20.3. The van der Waals surface area contributed by atoms with Gasteiger partial charge >= 0.3 is 0 Å². The molecule has 0 aromatic heterocycles. The molecular formula is C40H26. The van der Waals surface area contributed by atoms with Crippen molar-refractivity contribution in [2.75, 3.05) is 0 Å². The van der Waals surface area contributed by atoms with Gasteiger partial charge in [-0.15, -0.1) is 0 Å². The van der Waals surface area contributed by atoms with Crippen LogP contribution in [0.15, 0.2) is 157 Å². The molecule has 0 saturated carbocycles. The summed E-state index contributed by atoms with van der Waals surface area (Å²) in [7, 11) is 0. The van der Waals surface area contributed by atoms with Crippen molar-refractivity contribution < 1.29 is 30.2 Å². The first-order valence-electron chi connectivity index (χ1n) is 23.1. The largest absolute Gasteiger partial charge is 0.0629 e. The Balaban J connectivity index is 1.68. The van der Waals surface area contributed by atoms with Crippen molar-refractivity contribution >= 4 is 43.1 Å². The van der Waals surface area contributed by atoms with Gasteiger partial charge in [0, 0.05) is 0 Å². The van der Waals surface area contributed by atoms with Gasteiger partial charge in [0.1, 0.15) is 0 Å². The highest BCUT2D eigenvalue weighted by Gasteiger charge is 2.18. The highest BCUT2D eigenvalue weighted by atomic mass is 14.2. The Bertz CT molecular complexity index is 3330. The highest BCUT2D eigenvalue weighted by Crippen LogP contribution is 2.45. The van der Waals surface area contributed by atoms with Crippen LogP contribution >= 0.6 is 0 Å². The number of hydrogen-bond donors (Lipinski definition) is 0. The van der Waals surface area contributed by atoms with Crippen LogP contribution in [0.1, 0.15) is 30.2 Å². The minimum atomic E-state index is -0.846. The average Bonchev–Trinajstić information content (AvgIpc) is 3.25.